The largest absolute Gasteiger partial charge is 0.506 e. The SMILES string of the molecule is NC1=CC(=Cc2ccccc2)CC=C1O. The molecule has 0 fully saturated rings. The van der Waals surface area contributed by atoms with E-state index in [0.717, 1.165) is 17.6 Å². The highest BCUT2D eigenvalue weighted by Crippen LogP contribution is 2.19. The molecule has 0 amide bonds. The molecule has 1 aromatic carbocycles. The smallest absolute Gasteiger partial charge is 0.134 e. The van der Waals surface area contributed by atoms with Crippen molar-refractivity contribution in [2.75, 3.05) is 0 Å². The van der Waals surface area contributed by atoms with Crippen LogP contribution in [-0.2, 0) is 0 Å². The summed E-state index contributed by atoms with van der Waals surface area (Å²) in [5.41, 5.74) is 8.31. The van der Waals surface area contributed by atoms with E-state index < -0.39 is 0 Å². The molecule has 0 aromatic heterocycles. The van der Waals surface area contributed by atoms with Crippen molar-refractivity contribution in [3.8, 4) is 0 Å². The molecule has 0 radical (unpaired) electrons. The average Bonchev–Trinajstić information content (AvgIpc) is 2.25. The van der Waals surface area contributed by atoms with Crippen LogP contribution in [0.15, 0.2) is 59.5 Å². The van der Waals surface area contributed by atoms with Crippen LogP contribution in [0, 0.1) is 0 Å². The highest BCUT2D eigenvalue weighted by molar-refractivity contribution is 5.58. The van der Waals surface area contributed by atoms with Gasteiger partial charge in [0.2, 0.25) is 0 Å². The van der Waals surface area contributed by atoms with Gasteiger partial charge in [0, 0.05) is 0 Å². The number of hydrogen-bond acceptors (Lipinski definition) is 2. The van der Waals surface area contributed by atoms with Crippen LogP contribution in [0.2, 0.25) is 0 Å². The maximum atomic E-state index is 9.30. The lowest BCUT2D eigenvalue weighted by Crippen LogP contribution is -2.04. The van der Waals surface area contributed by atoms with Crippen LogP contribution in [0.25, 0.3) is 6.08 Å². The van der Waals surface area contributed by atoms with Gasteiger partial charge in [0.1, 0.15) is 5.76 Å². The molecule has 0 atom stereocenters. The first-order valence-electron chi connectivity index (χ1n) is 4.88. The molecule has 1 aliphatic carbocycles. The third kappa shape index (κ3) is 2.29. The van der Waals surface area contributed by atoms with Crippen molar-refractivity contribution in [3.05, 3.63) is 65.1 Å². The van der Waals surface area contributed by atoms with Gasteiger partial charge in [0.25, 0.3) is 0 Å². The first kappa shape index (κ1) is 9.59. The number of rotatable bonds is 1. The summed E-state index contributed by atoms with van der Waals surface area (Å²) in [6.45, 7) is 0. The van der Waals surface area contributed by atoms with Gasteiger partial charge >= 0.3 is 0 Å². The number of aliphatic hydroxyl groups is 1. The van der Waals surface area contributed by atoms with Crippen molar-refractivity contribution in [2.24, 2.45) is 5.73 Å². The van der Waals surface area contributed by atoms with Crippen molar-refractivity contribution < 1.29 is 5.11 Å². The Morgan fingerprint density at radius 3 is 2.60 bits per heavy atom. The van der Waals surface area contributed by atoms with Gasteiger partial charge in [-0.1, -0.05) is 36.4 Å². The summed E-state index contributed by atoms with van der Waals surface area (Å²) >= 11 is 0. The Kier molecular flexibility index (Phi) is 2.59. The monoisotopic (exact) mass is 199 g/mol. The first-order valence-corrected chi connectivity index (χ1v) is 4.88. The topological polar surface area (TPSA) is 46.2 Å². The third-order valence-electron chi connectivity index (χ3n) is 2.32. The van der Waals surface area contributed by atoms with Crippen LogP contribution < -0.4 is 5.73 Å². The van der Waals surface area contributed by atoms with E-state index in [2.05, 4.69) is 6.08 Å². The van der Waals surface area contributed by atoms with Crippen molar-refractivity contribution in [1.82, 2.24) is 0 Å². The zero-order valence-corrected chi connectivity index (χ0v) is 8.35. The second-order valence-corrected chi connectivity index (χ2v) is 3.52. The second-order valence-electron chi connectivity index (χ2n) is 3.52. The maximum absolute atomic E-state index is 9.30. The summed E-state index contributed by atoms with van der Waals surface area (Å²) in [6, 6.07) is 10.1. The number of aliphatic hydroxyl groups excluding tert-OH is 1. The number of benzene rings is 1. The van der Waals surface area contributed by atoms with Crippen molar-refractivity contribution >= 4 is 6.08 Å². The molecular formula is C13H13NO. The van der Waals surface area contributed by atoms with Crippen LogP contribution in [0.3, 0.4) is 0 Å². The first-order chi connectivity index (χ1) is 7.25. The fraction of sp³-hybridized carbons (Fsp3) is 0.0769. The molecule has 0 bridgehead atoms. The van der Waals surface area contributed by atoms with Crippen LogP contribution >= 0.6 is 0 Å². The van der Waals surface area contributed by atoms with Gasteiger partial charge in [0.15, 0.2) is 0 Å². The molecule has 0 saturated heterocycles. The minimum atomic E-state index is 0.181. The van der Waals surface area contributed by atoms with Gasteiger partial charge < -0.3 is 10.8 Å². The summed E-state index contributed by atoms with van der Waals surface area (Å²) < 4.78 is 0. The lowest BCUT2D eigenvalue weighted by Gasteiger charge is -2.09. The molecule has 15 heavy (non-hydrogen) atoms. The van der Waals surface area contributed by atoms with E-state index in [1.807, 2.05) is 36.4 Å². The molecule has 1 aliphatic rings. The molecule has 0 aliphatic heterocycles. The minimum Gasteiger partial charge on any atom is -0.506 e. The van der Waals surface area contributed by atoms with Gasteiger partial charge in [0.05, 0.1) is 5.70 Å². The Bertz CT molecular complexity index is 441. The molecule has 1 aromatic rings. The summed E-state index contributed by atoms with van der Waals surface area (Å²) in [6.07, 6.45) is 6.32. The predicted octanol–water partition coefficient (Wildman–Crippen LogP) is 2.76. The highest BCUT2D eigenvalue weighted by Gasteiger charge is 2.05. The van der Waals surface area contributed by atoms with E-state index in [9.17, 15) is 5.11 Å². The molecule has 2 heteroatoms. The highest BCUT2D eigenvalue weighted by atomic mass is 16.3. The molecule has 3 N–H and O–H groups in total. The molecule has 0 spiro atoms. The van der Waals surface area contributed by atoms with Gasteiger partial charge in [-0.15, -0.1) is 0 Å². The number of hydrogen-bond donors (Lipinski definition) is 2. The number of allylic oxidation sites excluding steroid dienone is 3. The van der Waals surface area contributed by atoms with Crippen LogP contribution in [-0.4, -0.2) is 5.11 Å². The summed E-state index contributed by atoms with van der Waals surface area (Å²) in [5, 5.41) is 9.30. The molecule has 0 unspecified atom stereocenters. The molecular weight excluding hydrogens is 186 g/mol. The average molecular weight is 199 g/mol. The van der Waals surface area contributed by atoms with E-state index in [-0.39, 0.29) is 5.76 Å². The third-order valence-corrected chi connectivity index (χ3v) is 2.32. The maximum Gasteiger partial charge on any atom is 0.134 e. The van der Waals surface area contributed by atoms with E-state index in [1.54, 1.807) is 6.08 Å². The summed E-state index contributed by atoms with van der Waals surface area (Å²) in [7, 11) is 0. The van der Waals surface area contributed by atoms with E-state index in [0.29, 0.717) is 5.70 Å². The fourth-order valence-corrected chi connectivity index (χ4v) is 1.53. The second kappa shape index (κ2) is 4.05. The van der Waals surface area contributed by atoms with Crippen LogP contribution in [0.1, 0.15) is 12.0 Å². The van der Waals surface area contributed by atoms with E-state index >= 15 is 0 Å². The Labute approximate surface area is 89.0 Å². The molecule has 0 saturated carbocycles. The summed E-state index contributed by atoms with van der Waals surface area (Å²) in [5.74, 6) is 0.181. The van der Waals surface area contributed by atoms with E-state index in [4.69, 9.17) is 5.73 Å². The lowest BCUT2D eigenvalue weighted by atomic mass is 10.0. The zero-order valence-electron chi connectivity index (χ0n) is 8.35. The minimum absolute atomic E-state index is 0.181. The van der Waals surface area contributed by atoms with Crippen LogP contribution in [0.5, 0.6) is 0 Å². The van der Waals surface area contributed by atoms with Gasteiger partial charge in [-0.2, -0.15) is 0 Å². The Morgan fingerprint density at radius 2 is 1.93 bits per heavy atom. The normalized spacial score (nSPS) is 18.5. The Morgan fingerprint density at radius 1 is 1.20 bits per heavy atom. The van der Waals surface area contributed by atoms with Gasteiger partial charge in [-0.05, 0) is 29.7 Å². The van der Waals surface area contributed by atoms with Crippen LogP contribution in [0.4, 0.5) is 0 Å². The molecule has 0 heterocycles. The van der Waals surface area contributed by atoms with Crippen molar-refractivity contribution in [3.63, 3.8) is 0 Å². The van der Waals surface area contributed by atoms with Crippen molar-refractivity contribution in [2.45, 2.75) is 6.42 Å². The molecule has 2 nitrogen and oxygen atoms in total. The van der Waals surface area contributed by atoms with E-state index in [1.165, 1.54) is 0 Å². The molecule has 76 valence electrons. The predicted molar refractivity (Wildman–Crippen MR) is 62.0 cm³/mol. The van der Waals surface area contributed by atoms with Crippen molar-refractivity contribution in [1.29, 1.82) is 0 Å². The zero-order chi connectivity index (χ0) is 10.7. The Hall–Kier alpha value is -1.96. The summed E-state index contributed by atoms with van der Waals surface area (Å²) in [4.78, 5) is 0. The Balaban J connectivity index is 2.25. The number of nitrogens with two attached hydrogens (primary N) is 1. The van der Waals surface area contributed by atoms with Gasteiger partial charge in [-0.25, -0.2) is 0 Å². The standard InChI is InChI=1S/C13H13NO/c14-12-9-11(6-7-13(12)15)8-10-4-2-1-3-5-10/h1-5,7-9,15H,6,14H2. The quantitative estimate of drug-likeness (QED) is 0.730. The molecule has 2 rings (SSSR count). The lowest BCUT2D eigenvalue weighted by molar-refractivity contribution is 0.418. The van der Waals surface area contributed by atoms with Gasteiger partial charge in [-0.3, -0.25) is 0 Å². The fourth-order valence-electron chi connectivity index (χ4n) is 1.53.